The Hall–Kier alpha value is -0.620. The van der Waals surface area contributed by atoms with Gasteiger partial charge in [-0.05, 0) is 12.8 Å². The van der Waals surface area contributed by atoms with Gasteiger partial charge < -0.3 is 9.47 Å². The van der Waals surface area contributed by atoms with Crippen LogP contribution in [0.1, 0.15) is 12.8 Å². The van der Waals surface area contributed by atoms with E-state index in [1.165, 1.54) is 7.11 Å². The molecule has 2 aliphatic heterocycles. The number of carbonyl (C=O) groups excluding carboxylic acids is 1. The highest BCUT2D eigenvalue weighted by molar-refractivity contribution is 7.91. The fraction of sp³-hybridized carbons (Fsp3) is 0.889. The lowest BCUT2D eigenvalue weighted by atomic mass is 9.83. The molecular weight excluding hydrogens is 220 g/mol. The van der Waals surface area contributed by atoms with Gasteiger partial charge in [-0.25, -0.2) is 8.42 Å². The number of esters is 1. The molecule has 0 aliphatic carbocycles. The van der Waals surface area contributed by atoms with Gasteiger partial charge in [0.25, 0.3) is 0 Å². The molecule has 0 saturated carbocycles. The number of sulfone groups is 1. The monoisotopic (exact) mass is 234 g/mol. The molecule has 0 aromatic heterocycles. The van der Waals surface area contributed by atoms with Gasteiger partial charge in [-0.2, -0.15) is 0 Å². The second-order valence-electron chi connectivity index (χ2n) is 4.27. The highest BCUT2D eigenvalue weighted by Crippen LogP contribution is 2.40. The molecule has 2 heterocycles. The van der Waals surface area contributed by atoms with Crippen molar-refractivity contribution in [2.24, 2.45) is 5.41 Å². The number of epoxide rings is 1. The predicted molar refractivity (Wildman–Crippen MR) is 52.1 cm³/mol. The molecule has 0 radical (unpaired) electrons. The van der Waals surface area contributed by atoms with Crippen LogP contribution in [0.2, 0.25) is 0 Å². The zero-order valence-corrected chi connectivity index (χ0v) is 9.38. The molecule has 86 valence electrons. The lowest BCUT2D eigenvalue weighted by Crippen LogP contribution is -2.35. The SMILES string of the molecule is COC(=O)C1(CC2CO2)CCS(=O)(=O)C1. The van der Waals surface area contributed by atoms with E-state index in [9.17, 15) is 13.2 Å². The first kappa shape index (κ1) is 10.9. The van der Waals surface area contributed by atoms with E-state index in [1.807, 2.05) is 0 Å². The summed E-state index contributed by atoms with van der Waals surface area (Å²) in [6, 6.07) is 0. The number of methoxy groups -OCH3 is 1. The van der Waals surface area contributed by atoms with Crippen LogP contribution < -0.4 is 0 Å². The molecule has 2 rings (SSSR count). The Morgan fingerprint density at radius 3 is 2.67 bits per heavy atom. The van der Waals surface area contributed by atoms with E-state index in [4.69, 9.17) is 9.47 Å². The fourth-order valence-corrected chi connectivity index (χ4v) is 4.23. The van der Waals surface area contributed by atoms with Crippen molar-refractivity contribution in [1.82, 2.24) is 0 Å². The van der Waals surface area contributed by atoms with Crippen molar-refractivity contribution in [3.63, 3.8) is 0 Å². The molecule has 0 spiro atoms. The van der Waals surface area contributed by atoms with Gasteiger partial charge in [0.05, 0.1) is 36.7 Å². The smallest absolute Gasteiger partial charge is 0.312 e. The number of ether oxygens (including phenoxy) is 2. The maximum absolute atomic E-state index is 11.6. The average molecular weight is 234 g/mol. The predicted octanol–water partition coefficient (Wildman–Crippen LogP) is -0.247. The summed E-state index contributed by atoms with van der Waals surface area (Å²) in [5.41, 5.74) is -0.852. The molecule has 5 nitrogen and oxygen atoms in total. The normalized spacial score (nSPS) is 37.5. The van der Waals surface area contributed by atoms with Gasteiger partial charge in [0, 0.05) is 0 Å². The second-order valence-corrected chi connectivity index (χ2v) is 6.46. The van der Waals surface area contributed by atoms with Crippen LogP contribution in [0, 0.1) is 5.41 Å². The first-order chi connectivity index (χ1) is 6.97. The molecular formula is C9H14O5S. The van der Waals surface area contributed by atoms with Gasteiger partial charge in [-0.1, -0.05) is 0 Å². The fourth-order valence-electron chi connectivity index (χ4n) is 2.16. The summed E-state index contributed by atoms with van der Waals surface area (Å²) in [7, 11) is -1.79. The molecule has 0 bridgehead atoms. The summed E-state index contributed by atoms with van der Waals surface area (Å²) in [6.45, 7) is 0.624. The van der Waals surface area contributed by atoms with E-state index in [-0.39, 0.29) is 17.6 Å². The minimum Gasteiger partial charge on any atom is -0.469 e. The van der Waals surface area contributed by atoms with Crippen LogP contribution in [0.5, 0.6) is 0 Å². The van der Waals surface area contributed by atoms with Crippen LogP contribution in [0.25, 0.3) is 0 Å². The molecule has 2 saturated heterocycles. The van der Waals surface area contributed by atoms with Gasteiger partial charge in [-0.15, -0.1) is 0 Å². The molecule has 0 N–H and O–H groups in total. The van der Waals surface area contributed by atoms with Gasteiger partial charge in [0.15, 0.2) is 9.84 Å². The van der Waals surface area contributed by atoms with E-state index in [1.54, 1.807) is 0 Å². The van der Waals surface area contributed by atoms with Gasteiger partial charge in [0.2, 0.25) is 0 Å². The van der Waals surface area contributed by atoms with E-state index >= 15 is 0 Å². The third kappa shape index (κ3) is 2.15. The van der Waals surface area contributed by atoms with Crippen LogP contribution in [0.4, 0.5) is 0 Å². The topological polar surface area (TPSA) is 73.0 Å². The summed E-state index contributed by atoms with van der Waals surface area (Å²) in [5.74, 6) is -0.430. The molecule has 6 heteroatoms. The van der Waals surface area contributed by atoms with Crippen LogP contribution >= 0.6 is 0 Å². The Labute approximate surface area is 88.7 Å². The van der Waals surface area contributed by atoms with Crippen molar-refractivity contribution in [3.8, 4) is 0 Å². The van der Waals surface area contributed by atoms with Crippen LogP contribution in [-0.2, 0) is 24.1 Å². The molecule has 2 fully saturated rings. The Bertz CT molecular complexity index is 370. The summed E-state index contributed by atoms with van der Waals surface area (Å²) in [4.78, 5) is 11.6. The number of hydrogen-bond donors (Lipinski definition) is 0. The number of hydrogen-bond acceptors (Lipinski definition) is 5. The Kier molecular flexibility index (Phi) is 2.50. The minimum absolute atomic E-state index is 0.0393. The van der Waals surface area contributed by atoms with E-state index in [0.29, 0.717) is 19.4 Å². The first-order valence-electron chi connectivity index (χ1n) is 4.88. The molecule has 0 aromatic carbocycles. The Morgan fingerprint density at radius 1 is 1.60 bits per heavy atom. The number of rotatable bonds is 3. The van der Waals surface area contributed by atoms with E-state index < -0.39 is 21.2 Å². The highest BCUT2D eigenvalue weighted by atomic mass is 32.2. The van der Waals surface area contributed by atoms with E-state index in [0.717, 1.165) is 0 Å². The van der Waals surface area contributed by atoms with Crippen molar-refractivity contribution >= 4 is 15.8 Å². The quantitative estimate of drug-likeness (QED) is 0.497. The van der Waals surface area contributed by atoms with Crippen LogP contribution in [0.3, 0.4) is 0 Å². The lowest BCUT2D eigenvalue weighted by Gasteiger charge is -2.23. The molecule has 15 heavy (non-hydrogen) atoms. The van der Waals surface area contributed by atoms with Crippen LogP contribution in [-0.4, -0.2) is 45.7 Å². The lowest BCUT2D eigenvalue weighted by molar-refractivity contribution is -0.152. The molecule has 0 aromatic rings. The zero-order valence-electron chi connectivity index (χ0n) is 8.56. The second kappa shape index (κ2) is 3.45. The van der Waals surface area contributed by atoms with Crippen molar-refractivity contribution in [2.75, 3.05) is 25.2 Å². The summed E-state index contributed by atoms with van der Waals surface area (Å²) in [6.07, 6.45) is 0.873. The third-order valence-corrected chi connectivity index (χ3v) is 4.85. The van der Waals surface area contributed by atoms with Crippen molar-refractivity contribution < 1.29 is 22.7 Å². The van der Waals surface area contributed by atoms with Crippen LogP contribution in [0.15, 0.2) is 0 Å². The van der Waals surface area contributed by atoms with E-state index in [2.05, 4.69) is 0 Å². The van der Waals surface area contributed by atoms with Crippen molar-refractivity contribution in [2.45, 2.75) is 18.9 Å². The molecule has 2 unspecified atom stereocenters. The van der Waals surface area contributed by atoms with Gasteiger partial charge >= 0.3 is 5.97 Å². The molecule has 0 amide bonds. The zero-order chi connectivity index (χ0) is 11.1. The van der Waals surface area contributed by atoms with Crippen molar-refractivity contribution in [3.05, 3.63) is 0 Å². The van der Waals surface area contributed by atoms with Gasteiger partial charge in [0.1, 0.15) is 0 Å². The standard InChI is InChI=1S/C9H14O5S/c1-13-8(10)9(4-7-5-14-7)2-3-15(11,12)6-9/h7H,2-6H2,1H3. The maximum atomic E-state index is 11.6. The largest absolute Gasteiger partial charge is 0.469 e. The third-order valence-electron chi connectivity index (χ3n) is 3.03. The molecule has 2 aliphatic rings. The first-order valence-corrected chi connectivity index (χ1v) is 6.70. The summed E-state index contributed by atoms with van der Waals surface area (Å²) in [5, 5.41) is 0. The molecule has 2 atom stereocenters. The maximum Gasteiger partial charge on any atom is 0.312 e. The minimum atomic E-state index is -3.08. The Balaban J connectivity index is 2.19. The summed E-state index contributed by atoms with van der Waals surface area (Å²) >= 11 is 0. The highest BCUT2D eigenvalue weighted by Gasteiger charge is 2.51. The number of carbonyl (C=O) groups is 1. The van der Waals surface area contributed by atoms with Gasteiger partial charge in [-0.3, -0.25) is 4.79 Å². The summed E-state index contributed by atoms with van der Waals surface area (Å²) < 4.78 is 32.6. The average Bonchev–Trinajstić information content (AvgIpc) is 2.90. The Morgan fingerprint density at radius 2 is 2.27 bits per heavy atom. The van der Waals surface area contributed by atoms with Crippen molar-refractivity contribution in [1.29, 1.82) is 0 Å².